The van der Waals surface area contributed by atoms with Crippen LogP contribution in [0.3, 0.4) is 0 Å². The van der Waals surface area contributed by atoms with Crippen LogP contribution in [-0.2, 0) is 15.1 Å². The zero-order chi connectivity index (χ0) is 19.4. The van der Waals surface area contributed by atoms with Crippen molar-refractivity contribution in [2.75, 3.05) is 18.9 Å². The van der Waals surface area contributed by atoms with Gasteiger partial charge in [0, 0.05) is 23.7 Å². The number of hydrogen-bond donors (Lipinski definition) is 2. The predicted octanol–water partition coefficient (Wildman–Crippen LogP) is 1.87. The molecule has 4 rings (SSSR count). The number of para-hydroxylation sites is 1. The van der Waals surface area contributed by atoms with Gasteiger partial charge in [-0.15, -0.1) is 0 Å². The third-order valence-electron chi connectivity index (χ3n) is 6.06. The lowest BCUT2D eigenvalue weighted by Crippen LogP contribution is -2.60. The molecule has 2 aliphatic heterocycles. The van der Waals surface area contributed by atoms with Crippen molar-refractivity contribution in [1.29, 1.82) is 5.26 Å². The third kappa shape index (κ3) is 1.92. The van der Waals surface area contributed by atoms with Crippen molar-refractivity contribution in [2.45, 2.75) is 18.4 Å². The lowest BCUT2D eigenvalue weighted by Gasteiger charge is -2.40. The molecule has 2 heterocycles. The topological polar surface area (TPSA) is 99.2 Å². The van der Waals surface area contributed by atoms with Gasteiger partial charge in [-0.1, -0.05) is 48.0 Å². The molecule has 2 amide bonds. The Balaban J connectivity index is 2.03. The van der Waals surface area contributed by atoms with Crippen LogP contribution < -0.4 is 11.1 Å². The number of benzene rings is 2. The number of nitriles is 1. The van der Waals surface area contributed by atoms with E-state index >= 15 is 0 Å². The highest BCUT2D eigenvalue weighted by Crippen LogP contribution is 2.61. The van der Waals surface area contributed by atoms with E-state index in [0.717, 1.165) is 11.1 Å². The van der Waals surface area contributed by atoms with Gasteiger partial charge in [-0.25, -0.2) is 0 Å². The van der Waals surface area contributed by atoms with Crippen molar-refractivity contribution in [3.63, 3.8) is 0 Å². The number of hydrogen-bond acceptors (Lipinski definition) is 4. The molecule has 136 valence electrons. The molecule has 0 saturated carbocycles. The molecule has 3 atom stereocenters. The molecule has 0 radical (unpaired) electrons. The zero-order valence-corrected chi connectivity index (χ0v) is 15.2. The van der Waals surface area contributed by atoms with Crippen LogP contribution in [0, 0.1) is 23.7 Å². The van der Waals surface area contributed by atoms with Gasteiger partial charge < -0.3 is 11.1 Å². The highest BCUT2D eigenvalue weighted by Gasteiger charge is 2.74. The molecule has 0 aromatic heterocycles. The Labute approximate surface area is 157 Å². The molecule has 6 heteroatoms. The molecule has 27 heavy (non-hydrogen) atoms. The van der Waals surface area contributed by atoms with Crippen molar-refractivity contribution in [3.8, 4) is 6.07 Å². The summed E-state index contributed by atoms with van der Waals surface area (Å²) in [6, 6.07) is 17.1. The summed E-state index contributed by atoms with van der Waals surface area (Å²) < 4.78 is 0. The average molecular weight is 360 g/mol. The lowest BCUT2D eigenvalue weighted by atomic mass is 9.61. The van der Waals surface area contributed by atoms with E-state index in [1.54, 1.807) is 30.1 Å². The molecule has 2 aromatic rings. The number of likely N-dealkylation sites (N-methyl/N-ethyl adjacent to an activating group) is 1. The Morgan fingerprint density at radius 2 is 1.93 bits per heavy atom. The van der Waals surface area contributed by atoms with Crippen LogP contribution in [0.2, 0.25) is 0 Å². The summed E-state index contributed by atoms with van der Waals surface area (Å²) in [4.78, 5) is 27.9. The third-order valence-corrected chi connectivity index (χ3v) is 6.06. The standard InChI is InChI=1S/C21H20N4O2/c1-13-7-9-14(10-8-13)16-11-25(2)21(20(16,12-22)18(23)26)15-5-3-4-6-17(15)24-19(21)27/h3-10,16H,11H2,1-2H3,(H2,23,26)(H,24,27). The quantitative estimate of drug-likeness (QED) is 0.854. The number of rotatable bonds is 2. The highest BCUT2D eigenvalue weighted by molar-refractivity contribution is 6.11. The summed E-state index contributed by atoms with van der Waals surface area (Å²) in [5, 5.41) is 13.1. The van der Waals surface area contributed by atoms with Crippen molar-refractivity contribution >= 4 is 17.5 Å². The van der Waals surface area contributed by atoms with Crippen LogP contribution in [0.15, 0.2) is 48.5 Å². The maximum atomic E-state index is 13.3. The van der Waals surface area contributed by atoms with Gasteiger partial charge in [0.1, 0.15) is 0 Å². The molecule has 2 aliphatic rings. The maximum Gasteiger partial charge on any atom is 0.251 e. The first kappa shape index (κ1) is 17.3. The summed E-state index contributed by atoms with van der Waals surface area (Å²) in [7, 11) is 1.77. The van der Waals surface area contributed by atoms with E-state index in [9.17, 15) is 14.9 Å². The molecule has 3 unspecified atom stereocenters. The summed E-state index contributed by atoms with van der Waals surface area (Å²) in [6.45, 7) is 2.33. The minimum absolute atomic E-state index is 0.362. The van der Waals surface area contributed by atoms with E-state index in [-0.39, 0.29) is 5.91 Å². The number of amides is 2. The molecule has 1 spiro atoms. The fourth-order valence-corrected chi connectivity index (χ4v) is 4.83. The molecule has 1 saturated heterocycles. The van der Waals surface area contributed by atoms with Gasteiger partial charge in [-0.3, -0.25) is 14.5 Å². The molecule has 2 aromatic carbocycles. The van der Waals surface area contributed by atoms with E-state index in [4.69, 9.17) is 5.73 Å². The van der Waals surface area contributed by atoms with Gasteiger partial charge in [0.2, 0.25) is 5.91 Å². The van der Waals surface area contributed by atoms with Crippen LogP contribution in [0.1, 0.15) is 22.6 Å². The maximum absolute atomic E-state index is 13.3. The SMILES string of the molecule is Cc1ccc(C2CN(C)C3(C(=O)Nc4ccccc43)C2(C#N)C(N)=O)cc1. The largest absolute Gasteiger partial charge is 0.368 e. The van der Waals surface area contributed by atoms with Gasteiger partial charge in [-0.2, -0.15) is 5.26 Å². The number of fused-ring (bicyclic) bond motifs is 2. The first-order chi connectivity index (χ1) is 12.9. The number of aryl methyl sites for hydroxylation is 1. The number of nitrogens with two attached hydrogens (primary N) is 1. The van der Waals surface area contributed by atoms with E-state index in [1.807, 2.05) is 37.3 Å². The van der Waals surface area contributed by atoms with Crippen LogP contribution in [0.4, 0.5) is 5.69 Å². The number of primary amides is 1. The van der Waals surface area contributed by atoms with Crippen LogP contribution in [0.5, 0.6) is 0 Å². The number of nitrogens with one attached hydrogen (secondary N) is 1. The lowest BCUT2D eigenvalue weighted by molar-refractivity contribution is -0.140. The summed E-state index contributed by atoms with van der Waals surface area (Å²) in [5.41, 5.74) is 5.81. The molecule has 6 nitrogen and oxygen atoms in total. The molecule has 1 fully saturated rings. The monoisotopic (exact) mass is 360 g/mol. The summed E-state index contributed by atoms with van der Waals surface area (Å²) in [5.74, 6) is -1.70. The first-order valence-corrected chi connectivity index (χ1v) is 8.79. The van der Waals surface area contributed by atoms with Gasteiger partial charge in [0.05, 0.1) is 6.07 Å². The second kappa shape index (κ2) is 5.66. The average Bonchev–Trinajstić information content (AvgIpc) is 3.10. The Bertz CT molecular complexity index is 994. The Morgan fingerprint density at radius 3 is 2.56 bits per heavy atom. The van der Waals surface area contributed by atoms with Crippen molar-refractivity contribution in [3.05, 3.63) is 65.2 Å². The van der Waals surface area contributed by atoms with Gasteiger partial charge >= 0.3 is 0 Å². The van der Waals surface area contributed by atoms with Crippen LogP contribution in [-0.4, -0.2) is 30.3 Å². The van der Waals surface area contributed by atoms with E-state index in [2.05, 4.69) is 11.4 Å². The Morgan fingerprint density at radius 1 is 1.26 bits per heavy atom. The van der Waals surface area contributed by atoms with Gasteiger partial charge in [0.15, 0.2) is 11.0 Å². The number of nitrogens with zero attached hydrogens (tertiary/aromatic N) is 2. The van der Waals surface area contributed by atoms with Crippen LogP contribution in [0.25, 0.3) is 0 Å². The fraction of sp³-hybridized carbons (Fsp3) is 0.286. The number of carbonyl (C=O) groups excluding carboxylic acids is 2. The Hall–Kier alpha value is -3.17. The number of likely N-dealkylation sites (tertiary alicyclic amines) is 1. The Kier molecular flexibility index (Phi) is 3.62. The second-order valence-corrected chi connectivity index (χ2v) is 7.34. The van der Waals surface area contributed by atoms with E-state index < -0.39 is 22.8 Å². The number of carbonyl (C=O) groups is 2. The molecular formula is C21H20N4O2. The predicted molar refractivity (Wildman–Crippen MR) is 101 cm³/mol. The second-order valence-electron chi connectivity index (χ2n) is 7.34. The van der Waals surface area contributed by atoms with E-state index in [0.29, 0.717) is 17.8 Å². The zero-order valence-electron chi connectivity index (χ0n) is 15.2. The molecule has 0 bridgehead atoms. The normalized spacial score (nSPS) is 29.4. The van der Waals surface area contributed by atoms with Crippen molar-refractivity contribution in [2.24, 2.45) is 11.1 Å². The van der Waals surface area contributed by atoms with Crippen LogP contribution >= 0.6 is 0 Å². The van der Waals surface area contributed by atoms with Crippen molar-refractivity contribution < 1.29 is 9.59 Å². The number of anilines is 1. The first-order valence-electron chi connectivity index (χ1n) is 8.79. The van der Waals surface area contributed by atoms with Gasteiger partial charge in [-0.05, 0) is 25.6 Å². The van der Waals surface area contributed by atoms with E-state index in [1.165, 1.54) is 0 Å². The smallest absolute Gasteiger partial charge is 0.251 e. The van der Waals surface area contributed by atoms with Gasteiger partial charge in [0.25, 0.3) is 5.91 Å². The molecule has 3 N–H and O–H groups in total. The summed E-state index contributed by atoms with van der Waals surface area (Å²) in [6.07, 6.45) is 0. The minimum Gasteiger partial charge on any atom is -0.368 e. The van der Waals surface area contributed by atoms with Crippen molar-refractivity contribution in [1.82, 2.24) is 4.90 Å². The highest BCUT2D eigenvalue weighted by atomic mass is 16.2. The molecule has 0 aliphatic carbocycles. The summed E-state index contributed by atoms with van der Waals surface area (Å²) >= 11 is 0. The molecular weight excluding hydrogens is 340 g/mol. The fourth-order valence-electron chi connectivity index (χ4n) is 4.83. The minimum atomic E-state index is -1.73.